The van der Waals surface area contributed by atoms with E-state index in [1.807, 2.05) is 19.1 Å². The van der Waals surface area contributed by atoms with E-state index < -0.39 is 0 Å². The molecule has 1 heterocycles. The monoisotopic (exact) mass is 292 g/mol. The Morgan fingerprint density at radius 2 is 2.10 bits per heavy atom. The number of nitro groups is 1. The first-order valence-corrected chi connectivity index (χ1v) is 7.34. The summed E-state index contributed by atoms with van der Waals surface area (Å²) in [5.41, 5.74) is 1.48. The van der Waals surface area contributed by atoms with Crippen molar-refractivity contribution in [2.45, 2.75) is 26.3 Å². The lowest BCUT2D eigenvalue weighted by Crippen LogP contribution is -2.57. The topological polar surface area (TPSA) is 61.6 Å². The van der Waals surface area contributed by atoms with Gasteiger partial charge in [0.05, 0.1) is 4.92 Å². The van der Waals surface area contributed by atoms with Gasteiger partial charge in [0.25, 0.3) is 0 Å². The minimum Gasteiger partial charge on any atom is -0.380 e. The van der Waals surface area contributed by atoms with Crippen LogP contribution in [0, 0.1) is 10.1 Å². The molecule has 1 aromatic rings. The van der Waals surface area contributed by atoms with Crippen LogP contribution in [0.2, 0.25) is 0 Å². The molecule has 0 aliphatic carbocycles. The second-order valence-corrected chi connectivity index (χ2v) is 6.12. The first kappa shape index (κ1) is 15.6. The van der Waals surface area contributed by atoms with Crippen molar-refractivity contribution >= 4 is 17.1 Å². The van der Waals surface area contributed by atoms with E-state index in [-0.39, 0.29) is 16.1 Å². The molecule has 6 heteroatoms. The molecule has 116 valence electrons. The second kappa shape index (κ2) is 5.89. The van der Waals surface area contributed by atoms with Gasteiger partial charge in [-0.05, 0) is 40.0 Å². The summed E-state index contributed by atoms with van der Waals surface area (Å²) in [4.78, 5) is 15.7. The van der Waals surface area contributed by atoms with Gasteiger partial charge in [0, 0.05) is 31.7 Å². The quantitative estimate of drug-likeness (QED) is 0.682. The molecule has 0 radical (unpaired) electrons. The van der Waals surface area contributed by atoms with Gasteiger partial charge < -0.3 is 10.2 Å². The minimum atomic E-state index is -0.279. The summed E-state index contributed by atoms with van der Waals surface area (Å²) in [5.74, 6) is 0. The van der Waals surface area contributed by atoms with Crippen molar-refractivity contribution in [1.82, 2.24) is 4.90 Å². The number of anilines is 2. The molecule has 0 saturated carbocycles. The third-order valence-corrected chi connectivity index (χ3v) is 4.22. The predicted octanol–water partition coefficient (Wildman–Crippen LogP) is 2.56. The smallest absolute Gasteiger partial charge is 0.315 e. The SMILES string of the molecule is CCNc1cccc(N2CCN(C)C(C)(C)C2)c1[N+](=O)[O-]. The van der Waals surface area contributed by atoms with Gasteiger partial charge in [-0.15, -0.1) is 0 Å². The molecule has 1 fully saturated rings. The fraction of sp³-hybridized carbons (Fsp3) is 0.600. The van der Waals surface area contributed by atoms with Crippen LogP contribution in [0.4, 0.5) is 17.1 Å². The van der Waals surface area contributed by atoms with E-state index in [0.717, 1.165) is 19.6 Å². The average Bonchev–Trinajstić information content (AvgIpc) is 2.41. The van der Waals surface area contributed by atoms with Crippen molar-refractivity contribution in [1.29, 1.82) is 0 Å². The van der Waals surface area contributed by atoms with Crippen LogP contribution >= 0.6 is 0 Å². The van der Waals surface area contributed by atoms with Crippen LogP contribution < -0.4 is 10.2 Å². The van der Waals surface area contributed by atoms with E-state index in [1.165, 1.54) is 0 Å². The van der Waals surface area contributed by atoms with Crippen LogP contribution in [-0.2, 0) is 0 Å². The molecule has 1 aromatic carbocycles. The van der Waals surface area contributed by atoms with Gasteiger partial charge in [0.1, 0.15) is 11.4 Å². The van der Waals surface area contributed by atoms with Gasteiger partial charge >= 0.3 is 5.69 Å². The molecule has 0 bridgehead atoms. The van der Waals surface area contributed by atoms with Crippen LogP contribution in [0.1, 0.15) is 20.8 Å². The fourth-order valence-corrected chi connectivity index (χ4v) is 2.76. The molecule has 0 amide bonds. The Bertz CT molecular complexity index is 530. The molecule has 0 atom stereocenters. The molecular weight excluding hydrogens is 268 g/mol. The first-order chi connectivity index (χ1) is 9.86. The fourth-order valence-electron chi connectivity index (χ4n) is 2.76. The molecular formula is C15H24N4O2. The maximum atomic E-state index is 11.5. The molecule has 0 unspecified atom stereocenters. The van der Waals surface area contributed by atoms with Gasteiger partial charge in [-0.3, -0.25) is 15.0 Å². The van der Waals surface area contributed by atoms with E-state index in [2.05, 4.69) is 36.0 Å². The normalized spacial score (nSPS) is 18.6. The van der Waals surface area contributed by atoms with E-state index in [4.69, 9.17) is 0 Å². The first-order valence-electron chi connectivity index (χ1n) is 7.34. The Morgan fingerprint density at radius 1 is 1.38 bits per heavy atom. The van der Waals surface area contributed by atoms with Crippen LogP contribution in [0.5, 0.6) is 0 Å². The zero-order valence-corrected chi connectivity index (χ0v) is 13.2. The van der Waals surface area contributed by atoms with Gasteiger partial charge in [0.2, 0.25) is 0 Å². The predicted molar refractivity (Wildman–Crippen MR) is 86.2 cm³/mol. The van der Waals surface area contributed by atoms with E-state index in [9.17, 15) is 10.1 Å². The lowest BCUT2D eigenvalue weighted by atomic mass is 9.99. The number of likely N-dealkylation sites (N-methyl/N-ethyl adjacent to an activating group) is 1. The molecule has 1 aliphatic rings. The van der Waals surface area contributed by atoms with Crippen LogP contribution in [0.3, 0.4) is 0 Å². The summed E-state index contributed by atoms with van der Waals surface area (Å²) in [7, 11) is 2.10. The Morgan fingerprint density at radius 3 is 2.67 bits per heavy atom. The van der Waals surface area contributed by atoms with Crippen molar-refractivity contribution in [3.05, 3.63) is 28.3 Å². The highest BCUT2D eigenvalue weighted by molar-refractivity contribution is 5.77. The van der Waals surface area contributed by atoms with Crippen molar-refractivity contribution in [3.63, 3.8) is 0 Å². The number of nitrogens with zero attached hydrogens (tertiary/aromatic N) is 3. The number of nitrogens with one attached hydrogen (secondary N) is 1. The minimum absolute atomic E-state index is 0.000306. The standard InChI is InChI=1S/C15H24N4O2/c1-5-16-12-7-6-8-13(14(12)19(20)21)18-10-9-17(4)15(2,3)11-18/h6-8,16H,5,9-11H2,1-4H3. The third-order valence-electron chi connectivity index (χ3n) is 4.22. The van der Waals surface area contributed by atoms with Crippen molar-refractivity contribution in [3.8, 4) is 0 Å². The van der Waals surface area contributed by atoms with Gasteiger partial charge in [-0.25, -0.2) is 0 Å². The third kappa shape index (κ3) is 3.10. The average molecular weight is 292 g/mol. The lowest BCUT2D eigenvalue weighted by Gasteiger charge is -2.46. The molecule has 0 aromatic heterocycles. The summed E-state index contributed by atoms with van der Waals surface area (Å²) >= 11 is 0. The van der Waals surface area contributed by atoms with Gasteiger partial charge in [0.15, 0.2) is 0 Å². The summed E-state index contributed by atoms with van der Waals surface area (Å²) in [6, 6.07) is 5.50. The lowest BCUT2D eigenvalue weighted by molar-refractivity contribution is -0.383. The van der Waals surface area contributed by atoms with Gasteiger partial charge in [-0.2, -0.15) is 0 Å². The number of para-hydroxylation sites is 1. The number of hydrogen-bond donors (Lipinski definition) is 1. The number of benzene rings is 1. The number of hydrogen-bond acceptors (Lipinski definition) is 5. The highest BCUT2D eigenvalue weighted by Crippen LogP contribution is 2.37. The van der Waals surface area contributed by atoms with Crippen LogP contribution in [0.25, 0.3) is 0 Å². The second-order valence-electron chi connectivity index (χ2n) is 6.12. The van der Waals surface area contributed by atoms with Crippen LogP contribution in [-0.4, -0.2) is 48.6 Å². The van der Waals surface area contributed by atoms with E-state index >= 15 is 0 Å². The Kier molecular flexibility index (Phi) is 4.37. The highest BCUT2D eigenvalue weighted by Gasteiger charge is 2.34. The molecule has 0 spiro atoms. The number of nitro benzene ring substituents is 1. The van der Waals surface area contributed by atoms with Gasteiger partial charge in [-0.1, -0.05) is 6.07 Å². The van der Waals surface area contributed by atoms with E-state index in [0.29, 0.717) is 17.9 Å². The zero-order chi connectivity index (χ0) is 15.6. The summed E-state index contributed by atoms with van der Waals surface area (Å²) in [6.07, 6.45) is 0. The Labute approximate surface area is 125 Å². The maximum Gasteiger partial charge on any atom is 0.315 e. The van der Waals surface area contributed by atoms with Crippen molar-refractivity contribution < 1.29 is 4.92 Å². The van der Waals surface area contributed by atoms with Crippen molar-refractivity contribution in [2.24, 2.45) is 0 Å². The Hall–Kier alpha value is -1.82. The summed E-state index contributed by atoms with van der Waals surface area (Å²) in [6.45, 7) is 9.41. The molecule has 21 heavy (non-hydrogen) atoms. The molecule has 2 rings (SSSR count). The highest BCUT2D eigenvalue weighted by atomic mass is 16.6. The summed E-state index contributed by atoms with van der Waals surface area (Å²) < 4.78 is 0. The molecule has 1 N–H and O–H groups in total. The molecule has 1 saturated heterocycles. The largest absolute Gasteiger partial charge is 0.380 e. The maximum absolute atomic E-state index is 11.5. The zero-order valence-electron chi connectivity index (χ0n) is 13.2. The number of piperazine rings is 1. The Balaban J connectivity index is 2.39. The molecule has 1 aliphatic heterocycles. The number of rotatable bonds is 4. The molecule has 6 nitrogen and oxygen atoms in total. The van der Waals surface area contributed by atoms with Crippen molar-refractivity contribution in [2.75, 3.05) is 43.4 Å². The van der Waals surface area contributed by atoms with Crippen LogP contribution in [0.15, 0.2) is 18.2 Å². The summed E-state index contributed by atoms with van der Waals surface area (Å²) in [5, 5.41) is 14.6. The van der Waals surface area contributed by atoms with E-state index in [1.54, 1.807) is 6.07 Å².